The average Bonchev–Trinajstić information content (AvgIpc) is 3.11. The predicted octanol–water partition coefficient (Wildman–Crippen LogP) is 4.02. The standard InChI is InChI=1S/C27H29N3O3/c1-29-25-18-28-22(9-7-20(25)15-19-5-3-4-6-24(19)27(29)31)16-21-8-10-23(17-26(21)32-2)30-11-13-33-14-12-30/h3-8,10,17-18H,9,11-16H2,1-2H3. The second-order valence-electron chi connectivity index (χ2n) is 8.61. The molecule has 2 aromatic rings. The van der Waals surface area contributed by atoms with Crippen LogP contribution in [0.3, 0.4) is 0 Å². The SMILES string of the molecule is COc1cc(N2CCOCC2)ccc1CC1=NC=C2C(=CC1)Cc1ccccc1C(=O)N2C. The zero-order valence-electron chi connectivity index (χ0n) is 19.2. The minimum Gasteiger partial charge on any atom is -0.496 e. The molecule has 1 fully saturated rings. The second kappa shape index (κ2) is 9.24. The van der Waals surface area contributed by atoms with Crippen LogP contribution in [-0.2, 0) is 17.6 Å². The van der Waals surface area contributed by atoms with Crippen LogP contribution in [0.25, 0.3) is 0 Å². The van der Waals surface area contributed by atoms with Crippen molar-refractivity contribution in [2.24, 2.45) is 4.99 Å². The number of aliphatic imine (C=N–C) groups is 1. The van der Waals surface area contributed by atoms with Gasteiger partial charge in [0.25, 0.3) is 5.91 Å². The number of carbonyl (C=O) groups excluding carboxylic acids is 1. The van der Waals surface area contributed by atoms with E-state index in [-0.39, 0.29) is 5.91 Å². The second-order valence-corrected chi connectivity index (χ2v) is 8.61. The number of carbonyl (C=O) groups is 1. The molecule has 2 aromatic carbocycles. The normalized spacial score (nSPS) is 18.4. The topological polar surface area (TPSA) is 54.4 Å². The van der Waals surface area contributed by atoms with Crippen molar-refractivity contribution in [3.05, 3.63) is 82.7 Å². The number of fused-ring (bicyclic) bond motifs is 2. The Kier molecular flexibility index (Phi) is 6.01. The molecule has 0 atom stereocenters. The summed E-state index contributed by atoms with van der Waals surface area (Å²) in [6.45, 7) is 3.30. The molecule has 1 amide bonds. The molecule has 0 radical (unpaired) electrons. The molecule has 0 N–H and O–H groups in total. The Morgan fingerprint density at radius 2 is 1.94 bits per heavy atom. The van der Waals surface area contributed by atoms with Crippen molar-refractivity contribution >= 4 is 17.3 Å². The maximum absolute atomic E-state index is 13.0. The number of methoxy groups -OCH3 is 1. The van der Waals surface area contributed by atoms with Gasteiger partial charge in [0.1, 0.15) is 5.75 Å². The van der Waals surface area contributed by atoms with E-state index in [1.165, 1.54) is 0 Å². The van der Waals surface area contributed by atoms with E-state index in [0.29, 0.717) is 6.42 Å². The van der Waals surface area contributed by atoms with Crippen molar-refractivity contribution in [1.29, 1.82) is 0 Å². The molecule has 0 aromatic heterocycles. The third-order valence-corrected chi connectivity index (χ3v) is 6.62. The van der Waals surface area contributed by atoms with Gasteiger partial charge in [-0.1, -0.05) is 30.3 Å². The molecule has 170 valence electrons. The minimum absolute atomic E-state index is 0.0132. The zero-order valence-corrected chi connectivity index (χ0v) is 19.2. The Morgan fingerprint density at radius 3 is 2.76 bits per heavy atom. The summed E-state index contributed by atoms with van der Waals surface area (Å²) in [7, 11) is 3.55. The smallest absolute Gasteiger partial charge is 0.258 e. The van der Waals surface area contributed by atoms with Gasteiger partial charge < -0.3 is 19.3 Å². The highest BCUT2D eigenvalue weighted by atomic mass is 16.5. The summed E-state index contributed by atoms with van der Waals surface area (Å²) < 4.78 is 11.2. The van der Waals surface area contributed by atoms with Gasteiger partial charge in [-0.15, -0.1) is 0 Å². The Hall–Kier alpha value is -3.38. The number of amides is 1. The molecular weight excluding hydrogens is 414 g/mol. The molecule has 3 aliphatic rings. The van der Waals surface area contributed by atoms with E-state index in [0.717, 1.165) is 84.3 Å². The molecule has 0 aliphatic carbocycles. The van der Waals surface area contributed by atoms with Crippen molar-refractivity contribution < 1.29 is 14.3 Å². The van der Waals surface area contributed by atoms with Crippen LogP contribution in [0.1, 0.15) is 27.9 Å². The van der Waals surface area contributed by atoms with Crippen molar-refractivity contribution in [2.45, 2.75) is 19.3 Å². The number of hydrogen-bond acceptors (Lipinski definition) is 5. The molecule has 33 heavy (non-hydrogen) atoms. The molecule has 1 saturated heterocycles. The van der Waals surface area contributed by atoms with E-state index in [2.05, 4.69) is 29.2 Å². The monoisotopic (exact) mass is 443 g/mol. The molecule has 0 bridgehead atoms. The summed E-state index contributed by atoms with van der Waals surface area (Å²) in [5.41, 5.74) is 7.17. The summed E-state index contributed by atoms with van der Waals surface area (Å²) >= 11 is 0. The largest absolute Gasteiger partial charge is 0.496 e. The Labute approximate surface area is 194 Å². The number of hydrogen-bond donors (Lipinski definition) is 0. The number of anilines is 1. The minimum atomic E-state index is 0.0132. The van der Waals surface area contributed by atoms with Crippen LogP contribution in [0.15, 0.2) is 71.0 Å². The average molecular weight is 444 g/mol. The van der Waals surface area contributed by atoms with Crippen LogP contribution >= 0.6 is 0 Å². The Morgan fingerprint density at radius 1 is 1.12 bits per heavy atom. The Bertz CT molecular complexity index is 1160. The fourth-order valence-electron chi connectivity index (χ4n) is 4.71. The van der Waals surface area contributed by atoms with Crippen LogP contribution in [0.2, 0.25) is 0 Å². The molecule has 0 unspecified atom stereocenters. The van der Waals surface area contributed by atoms with Crippen molar-refractivity contribution in [2.75, 3.05) is 45.4 Å². The van der Waals surface area contributed by atoms with Gasteiger partial charge >= 0.3 is 0 Å². The summed E-state index contributed by atoms with van der Waals surface area (Å²) in [5, 5.41) is 0. The molecule has 5 rings (SSSR count). The van der Waals surface area contributed by atoms with Crippen LogP contribution in [0.4, 0.5) is 5.69 Å². The van der Waals surface area contributed by atoms with Crippen LogP contribution in [-0.4, -0.2) is 57.0 Å². The lowest BCUT2D eigenvalue weighted by molar-refractivity contribution is 0.0840. The first kappa shape index (κ1) is 21.5. The lowest BCUT2D eigenvalue weighted by atomic mass is 9.98. The molecule has 0 spiro atoms. The van der Waals surface area contributed by atoms with E-state index >= 15 is 0 Å². The van der Waals surface area contributed by atoms with E-state index in [1.807, 2.05) is 37.5 Å². The van der Waals surface area contributed by atoms with E-state index in [9.17, 15) is 4.79 Å². The fraction of sp³-hybridized carbons (Fsp3) is 0.333. The van der Waals surface area contributed by atoms with Crippen molar-refractivity contribution in [3.63, 3.8) is 0 Å². The van der Waals surface area contributed by atoms with Gasteiger partial charge in [-0.2, -0.15) is 0 Å². The van der Waals surface area contributed by atoms with Gasteiger partial charge in [-0.3, -0.25) is 9.79 Å². The van der Waals surface area contributed by atoms with Crippen LogP contribution in [0.5, 0.6) is 5.75 Å². The third-order valence-electron chi connectivity index (χ3n) is 6.62. The molecule has 3 aliphatic heterocycles. The number of benzene rings is 2. The van der Waals surface area contributed by atoms with Crippen molar-refractivity contribution in [3.8, 4) is 5.75 Å². The maximum Gasteiger partial charge on any atom is 0.258 e. The number of likely N-dealkylation sites (N-methyl/N-ethyl adjacent to an activating group) is 1. The zero-order chi connectivity index (χ0) is 22.8. The summed E-state index contributed by atoms with van der Waals surface area (Å²) in [4.78, 5) is 21.9. The summed E-state index contributed by atoms with van der Waals surface area (Å²) in [6, 6.07) is 14.3. The highest BCUT2D eigenvalue weighted by Crippen LogP contribution is 2.31. The number of nitrogens with zero attached hydrogens (tertiary/aromatic N) is 3. The molecule has 6 heteroatoms. The third kappa shape index (κ3) is 4.31. The molecule has 6 nitrogen and oxygen atoms in total. The first-order valence-electron chi connectivity index (χ1n) is 11.4. The van der Waals surface area contributed by atoms with Gasteiger partial charge in [0.05, 0.1) is 32.2 Å². The molecule has 0 saturated carbocycles. The van der Waals surface area contributed by atoms with E-state index in [1.54, 1.807) is 12.0 Å². The predicted molar refractivity (Wildman–Crippen MR) is 130 cm³/mol. The van der Waals surface area contributed by atoms with E-state index < -0.39 is 0 Å². The summed E-state index contributed by atoms with van der Waals surface area (Å²) in [5.74, 6) is 0.890. The van der Waals surface area contributed by atoms with Crippen LogP contribution in [0, 0.1) is 0 Å². The summed E-state index contributed by atoms with van der Waals surface area (Å²) in [6.07, 6.45) is 6.26. The van der Waals surface area contributed by atoms with Gasteiger partial charge in [0, 0.05) is 62.4 Å². The highest BCUT2D eigenvalue weighted by molar-refractivity contribution is 5.98. The highest BCUT2D eigenvalue weighted by Gasteiger charge is 2.26. The lowest BCUT2D eigenvalue weighted by Gasteiger charge is -2.29. The van der Waals surface area contributed by atoms with Gasteiger partial charge in [0.2, 0.25) is 0 Å². The lowest BCUT2D eigenvalue weighted by Crippen LogP contribution is -2.36. The van der Waals surface area contributed by atoms with Crippen LogP contribution < -0.4 is 9.64 Å². The number of allylic oxidation sites excluding steroid dienone is 2. The first-order valence-corrected chi connectivity index (χ1v) is 11.4. The van der Waals surface area contributed by atoms with Crippen molar-refractivity contribution in [1.82, 2.24) is 4.90 Å². The first-order chi connectivity index (χ1) is 16.1. The maximum atomic E-state index is 13.0. The van der Waals surface area contributed by atoms with Gasteiger partial charge in [-0.25, -0.2) is 0 Å². The van der Waals surface area contributed by atoms with Gasteiger partial charge in [-0.05, 0) is 28.8 Å². The van der Waals surface area contributed by atoms with E-state index in [4.69, 9.17) is 14.5 Å². The Balaban J connectivity index is 1.39. The molecular formula is C27H29N3O3. The fourth-order valence-corrected chi connectivity index (χ4v) is 4.71. The molecule has 3 heterocycles. The van der Waals surface area contributed by atoms with Gasteiger partial charge in [0.15, 0.2) is 0 Å². The quantitative estimate of drug-likeness (QED) is 0.716. The number of morpholine rings is 1. The number of rotatable bonds is 4. The number of ether oxygens (including phenoxy) is 2.